The van der Waals surface area contributed by atoms with Gasteiger partial charge in [0.15, 0.2) is 0 Å². The van der Waals surface area contributed by atoms with Crippen molar-refractivity contribution in [2.45, 2.75) is 44.6 Å². The molecule has 1 saturated carbocycles. The molecule has 0 aliphatic heterocycles. The molecule has 2 heteroatoms. The van der Waals surface area contributed by atoms with Crippen LogP contribution in [0, 0.1) is 5.92 Å². The molecule has 2 rings (SSSR count). The molecule has 18 heavy (non-hydrogen) atoms. The molecule has 0 saturated heterocycles. The molecule has 0 spiro atoms. The van der Waals surface area contributed by atoms with Gasteiger partial charge in [-0.05, 0) is 37.3 Å². The van der Waals surface area contributed by atoms with Crippen molar-refractivity contribution in [1.82, 2.24) is 5.32 Å². The number of hydrogen-bond acceptors (Lipinski definition) is 2. The molecular formula is C16H26N2. The van der Waals surface area contributed by atoms with Gasteiger partial charge < -0.3 is 11.1 Å². The summed E-state index contributed by atoms with van der Waals surface area (Å²) < 4.78 is 0. The van der Waals surface area contributed by atoms with Crippen LogP contribution < -0.4 is 11.1 Å². The molecule has 1 aromatic carbocycles. The number of rotatable bonds is 6. The number of nitrogens with one attached hydrogen (secondary N) is 1. The predicted octanol–water partition coefficient (Wildman–Crippen LogP) is 2.73. The predicted molar refractivity (Wildman–Crippen MR) is 77.6 cm³/mol. The number of nitrogens with two attached hydrogens (primary N) is 1. The summed E-state index contributed by atoms with van der Waals surface area (Å²) in [5, 5.41) is 3.66. The Hall–Kier alpha value is -0.860. The molecule has 1 aliphatic carbocycles. The molecule has 0 amide bonds. The highest BCUT2D eigenvalue weighted by molar-refractivity contribution is 5.15. The summed E-state index contributed by atoms with van der Waals surface area (Å²) in [6.07, 6.45) is 8.10. The van der Waals surface area contributed by atoms with Crippen LogP contribution in [0.3, 0.4) is 0 Å². The summed E-state index contributed by atoms with van der Waals surface area (Å²) in [6.45, 7) is 1.87. The van der Waals surface area contributed by atoms with Gasteiger partial charge in [-0.2, -0.15) is 0 Å². The normalized spacial score (nSPS) is 18.7. The lowest BCUT2D eigenvalue weighted by Crippen LogP contribution is -2.40. The quantitative estimate of drug-likeness (QED) is 0.810. The zero-order valence-electron chi connectivity index (χ0n) is 11.3. The van der Waals surface area contributed by atoms with E-state index in [1.165, 1.54) is 37.7 Å². The van der Waals surface area contributed by atoms with Crippen molar-refractivity contribution in [2.75, 3.05) is 13.1 Å². The minimum Gasteiger partial charge on any atom is -0.329 e. The second kappa shape index (κ2) is 7.55. The standard InChI is InChI=1S/C16H26N2/c17-12-16(11-14-7-3-1-4-8-14)18-13-15-9-5-2-6-10-15/h1,3-4,7-8,15-16,18H,2,5-6,9-13,17H2/t16-/m0/s1. The minimum absolute atomic E-state index is 0.425. The zero-order valence-corrected chi connectivity index (χ0v) is 11.3. The van der Waals surface area contributed by atoms with Gasteiger partial charge in [0.2, 0.25) is 0 Å². The van der Waals surface area contributed by atoms with Gasteiger partial charge in [-0.3, -0.25) is 0 Å². The summed E-state index contributed by atoms with van der Waals surface area (Å²) in [6, 6.07) is 11.1. The largest absolute Gasteiger partial charge is 0.329 e. The van der Waals surface area contributed by atoms with E-state index >= 15 is 0 Å². The molecule has 2 nitrogen and oxygen atoms in total. The molecule has 100 valence electrons. The molecule has 3 N–H and O–H groups in total. The average Bonchev–Trinajstić information content (AvgIpc) is 2.45. The van der Waals surface area contributed by atoms with Gasteiger partial charge in [-0.1, -0.05) is 49.6 Å². The van der Waals surface area contributed by atoms with E-state index < -0.39 is 0 Å². The van der Waals surface area contributed by atoms with Gasteiger partial charge in [0.05, 0.1) is 0 Å². The number of benzene rings is 1. The van der Waals surface area contributed by atoms with E-state index in [1.807, 2.05) is 0 Å². The maximum absolute atomic E-state index is 5.87. The molecule has 1 atom stereocenters. The lowest BCUT2D eigenvalue weighted by Gasteiger charge is -2.25. The van der Waals surface area contributed by atoms with Crippen LogP contribution >= 0.6 is 0 Å². The summed E-state index contributed by atoms with van der Waals surface area (Å²) >= 11 is 0. The highest BCUT2D eigenvalue weighted by Gasteiger charge is 2.15. The van der Waals surface area contributed by atoms with Crippen LogP contribution in [-0.2, 0) is 6.42 Å². The van der Waals surface area contributed by atoms with Crippen molar-refractivity contribution < 1.29 is 0 Å². The first-order chi connectivity index (χ1) is 8.88. The fourth-order valence-corrected chi connectivity index (χ4v) is 2.86. The Balaban J connectivity index is 1.75. The molecule has 0 heterocycles. The van der Waals surface area contributed by atoms with Crippen LogP contribution in [0.15, 0.2) is 30.3 Å². The van der Waals surface area contributed by atoms with Crippen molar-refractivity contribution in [1.29, 1.82) is 0 Å². The van der Waals surface area contributed by atoms with Crippen LogP contribution in [0.4, 0.5) is 0 Å². The van der Waals surface area contributed by atoms with E-state index in [-0.39, 0.29) is 0 Å². The Morgan fingerprint density at radius 1 is 1.11 bits per heavy atom. The second-order valence-corrected chi connectivity index (χ2v) is 5.53. The average molecular weight is 246 g/mol. The van der Waals surface area contributed by atoms with Crippen LogP contribution in [-0.4, -0.2) is 19.1 Å². The fraction of sp³-hybridized carbons (Fsp3) is 0.625. The van der Waals surface area contributed by atoms with E-state index in [1.54, 1.807) is 0 Å². The van der Waals surface area contributed by atoms with Gasteiger partial charge in [0, 0.05) is 12.6 Å². The van der Waals surface area contributed by atoms with E-state index in [0.717, 1.165) is 25.4 Å². The van der Waals surface area contributed by atoms with Gasteiger partial charge >= 0.3 is 0 Å². The maximum atomic E-state index is 5.87. The van der Waals surface area contributed by atoms with Crippen molar-refractivity contribution in [3.8, 4) is 0 Å². The smallest absolute Gasteiger partial charge is 0.0230 e. The Morgan fingerprint density at radius 2 is 1.83 bits per heavy atom. The molecule has 0 unspecified atom stereocenters. The van der Waals surface area contributed by atoms with Gasteiger partial charge in [-0.25, -0.2) is 0 Å². The Kier molecular flexibility index (Phi) is 5.69. The summed E-state index contributed by atoms with van der Waals surface area (Å²) in [5.41, 5.74) is 7.25. The van der Waals surface area contributed by atoms with E-state index in [0.29, 0.717) is 6.04 Å². The minimum atomic E-state index is 0.425. The van der Waals surface area contributed by atoms with Crippen LogP contribution in [0.25, 0.3) is 0 Å². The summed E-state index contributed by atoms with van der Waals surface area (Å²) in [4.78, 5) is 0. The van der Waals surface area contributed by atoms with Crippen LogP contribution in [0.2, 0.25) is 0 Å². The van der Waals surface area contributed by atoms with Gasteiger partial charge in [-0.15, -0.1) is 0 Å². The highest BCUT2D eigenvalue weighted by Crippen LogP contribution is 2.22. The van der Waals surface area contributed by atoms with Crippen molar-refractivity contribution in [2.24, 2.45) is 11.7 Å². The fourth-order valence-electron chi connectivity index (χ4n) is 2.86. The Morgan fingerprint density at radius 3 is 2.50 bits per heavy atom. The Bertz CT molecular complexity index is 317. The molecule has 1 fully saturated rings. The van der Waals surface area contributed by atoms with E-state index in [2.05, 4.69) is 35.6 Å². The highest BCUT2D eigenvalue weighted by atomic mass is 14.9. The first-order valence-electron chi connectivity index (χ1n) is 7.36. The maximum Gasteiger partial charge on any atom is 0.0230 e. The topological polar surface area (TPSA) is 38.0 Å². The van der Waals surface area contributed by atoms with Crippen molar-refractivity contribution in [3.05, 3.63) is 35.9 Å². The summed E-state index contributed by atoms with van der Waals surface area (Å²) in [7, 11) is 0. The van der Waals surface area contributed by atoms with E-state index in [4.69, 9.17) is 5.73 Å². The molecule has 1 aromatic rings. The molecule has 0 bridgehead atoms. The second-order valence-electron chi connectivity index (χ2n) is 5.53. The van der Waals surface area contributed by atoms with Crippen molar-refractivity contribution in [3.63, 3.8) is 0 Å². The summed E-state index contributed by atoms with van der Waals surface area (Å²) in [5.74, 6) is 0.878. The molecule has 0 aromatic heterocycles. The van der Waals surface area contributed by atoms with Crippen LogP contribution in [0.5, 0.6) is 0 Å². The third-order valence-corrected chi connectivity index (χ3v) is 4.03. The lowest BCUT2D eigenvalue weighted by atomic mass is 9.89. The zero-order chi connectivity index (χ0) is 12.6. The first-order valence-corrected chi connectivity index (χ1v) is 7.36. The third kappa shape index (κ3) is 4.43. The third-order valence-electron chi connectivity index (χ3n) is 4.03. The molecular weight excluding hydrogens is 220 g/mol. The molecule has 1 aliphatic rings. The Labute approximate surface area is 111 Å². The number of hydrogen-bond donors (Lipinski definition) is 2. The molecule has 0 radical (unpaired) electrons. The SMILES string of the molecule is NC[C@H](Cc1ccccc1)NCC1CCCCC1. The lowest BCUT2D eigenvalue weighted by molar-refractivity contribution is 0.327. The van der Waals surface area contributed by atoms with Crippen molar-refractivity contribution >= 4 is 0 Å². The van der Waals surface area contributed by atoms with Gasteiger partial charge in [0.25, 0.3) is 0 Å². The first kappa shape index (κ1) is 13.6. The van der Waals surface area contributed by atoms with Crippen LogP contribution in [0.1, 0.15) is 37.7 Å². The monoisotopic (exact) mass is 246 g/mol. The van der Waals surface area contributed by atoms with E-state index in [9.17, 15) is 0 Å². The van der Waals surface area contributed by atoms with Gasteiger partial charge in [0.1, 0.15) is 0 Å².